The van der Waals surface area contributed by atoms with Crippen LogP contribution in [-0.4, -0.2) is 52.8 Å². The summed E-state index contributed by atoms with van der Waals surface area (Å²) in [5.41, 5.74) is -0.173. The number of benzene rings is 2. The van der Waals surface area contributed by atoms with Crippen LogP contribution in [-0.2, 0) is 4.74 Å². The lowest BCUT2D eigenvalue weighted by Gasteiger charge is -2.36. The quantitative estimate of drug-likeness (QED) is 0.220. The standard InChI is InChI=1S/C29H25F2N3O5/c1-3-29(16-35)11-10-17(15-38-29)34-26-24(37-2)14-33-28-25(26)20(13-32-28)27(36)19-9-8-18(12-22(19)31)39-23-7-5-4-6-21(23)30/h1,4-9,12-14,17,35H,10-11,15-16H2,2H3,(H2,32,33,34)/t17-,29?/m1/s1. The topological polar surface area (TPSA) is 106 Å². The van der Waals surface area contributed by atoms with Gasteiger partial charge >= 0.3 is 0 Å². The van der Waals surface area contributed by atoms with E-state index in [-0.39, 0.29) is 41.9 Å². The van der Waals surface area contributed by atoms with E-state index in [4.69, 9.17) is 20.6 Å². The minimum absolute atomic E-state index is 0.0435. The molecular formula is C29H25F2N3O5. The Hall–Kier alpha value is -4.46. The van der Waals surface area contributed by atoms with E-state index in [0.29, 0.717) is 35.3 Å². The van der Waals surface area contributed by atoms with Crippen molar-refractivity contribution >= 4 is 22.5 Å². The summed E-state index contributed by atoms with van der Waals surface area (Å²) in [6, 6.07) is 9.26. The molecule has 200 valence electrons. The molecule has 4 aromatic rings. The summed E-state index contributed by atoms with van der Waals surface area (Å²) in [7, 11) is 1.47. The van der Waals surface area contributed by atoms with Gasteiger partial charge in [0.2, 0.25) is 0 Å². The maximum Gasteiger partial charge on any atom is 0.198 e. The third kappa shape index (κ3) is 5.02. The van der Waals surface area contributed by atoms with Crippen molar-refractivity contribution in [2.75, 3.05) is 25.6 Å². The molecule has 1 unspecified atom stereocenters. The number of nitrogens with one attached hydrogen (secondary N) is 2. The molecule has 0 bridgehead atoms. The Morgan fingerprint density at radius 3 is 2.74 bits per heavy atom. The molecule has 0 radical (unpaired) electrons. The summed E-state index contributed by atoms with van der Waals surface area (Å²) < 4.78 is 45.8. The van der Waals surface area contributed by atoms with Crippen LogP contribution >= 0.6 is 0 Å². The Bertz CT molecular complexity index is 1570. The average Bonchev–Trinajstić information content (AvgIpc) is 3.39. The first-order chi connectivity index (χ1) is 18.9. The van der Waals surface area contributed by atoms with E-state index in [1.54, 1.807) is 6.07 Å². The summed E-state index contributed by atoms with van der Waals surface area (Å²) in [6.45, 7) is -0.0747. The number of hydrogen-bond donors (Lipinski definition) is 3. The Kier molecular flexibility index (Phi) is 7.19. The highest BCUT2D eigenvalue weighted by molar-refractivity contribution is 6.19. The van der Waals surface area contributed by atoms with Gasteiger partial charge in [-0.3, -0.25) is 4.79 Å². The van der Waals surface area contributed by atoms with Crippen LogP contribution < -0.4 is 14.8 Å². The first-order valence-electron chi connectivity index (χ1n) is 12.2. The van der Waals surface area contributed by atoms with E-state index in [1.807, 2.05) is 0 Å². The van der Waals surface area contributed by atoms with Gasteiger partial charge in [-0.2, -0.15) is 0 Å². The first-order valence-corrected chi connectivity index (χ1v) is 12.2. The summed E-state index contributed by atoms with van der Waals surface area (Å²) >= 11 is 0. The molecule has 8 nitrogen and oxygen atoms in total. The number of pyridine rings is 1. The molecule has 39 heavy (non-hydrogen) atoms. The molecule has 0 spiro atoms. The molecule has 0 saturated carbocycles. The second-order valence-electron chi connectivity index (χ2n) is 9.12. The maximum absolute atomic E-state index is 15.1. The molecule has 2 aromatic heterocycles. The molecule has 0 amide bonds. The van der Waals surface area contributed by atoms with Gasteiger partial charge in [-0.15, -0.1) is 6.42 Å². The number of ketones is 1. The number of nitrogens with zero attached hydrogens (tertiary/aromatic N) is 1. The fourth-order valence-corrected chi connectivity index (χ4v) is 4.52. The van der Waals surface area contributed by atoms with Crippen LogP contribution in [0.1, 0.15) is 28.8 Å². The van der Waals surface area contributed by atoms with Crippen molar-refractivity contribution in [1.29, 1.82) is 0 Å². The molecule has 3 N–H and O–H groups in total. The number of para-hydroxylation sites is 1. The van der Waals surface area contributed by atoms with Crippen molar-refractivity contribution < 1.29 is 32.9 Å². The normalized spacial score (nSPS) is 18.9. The third-order valence-corrected chi connectivity index (χ3v) is 6.71. The summed E-state index contributed by atoms with van der Waals surface area (Å²) in [5.74, 6) is 0.856. The van der Waals surface area contributed by atoms with Gasteiger partial charge in [0.25, 0.3) is 0 Å². The number of methoxy groups -OCH3 is 1. The molecule has 10 heteroatoms. The van der Waals surface area contributed by atoms with Crippen molar-refractivity contribution in [2.24, 2.45) is 0 Å². The molecule has 1 aliphatic rings. The molecule has 0 aliphatic carbocycles. The van der Waals surface area contributed by atoms with E-state index in [2.05, 4.69) is 21.2 Å². The van der Waals surface area contributed by atoms with Crippen molar-refractivity contribution in [3.05, 3.63) is 77.6 Å². The molecule has 3 heterocycles. The van der Waals surface area contributed by atoms with E-state index in [1.165, 1.54) is 49.8 Å². The van der Waals surface area contributed by atoms with E-state index in [0.717, 1.165) is 6.07 Å². The fourth-order valence-electron chi connectivity index (χ4n) is 4.52. The number of anilines is 1. The smallest absolute Gasteiger partial charge is 0.198 e. The zero-order valence-electron chi connectivity index (χ0n) is 21.0. The van der Waals surface area contributed by atoms with Crippen molar-refractivity contribution in [1.82, 2.24) is 9.97 Å². The summed E-state index contributed by atoms with van der Waals surface area (Å²) in [5, 5.41) is 13.4. The zero-order chi connectivity index (χ0) is 27.6. The minimum atomic E-state index is -1.02. The van der Waals surface area contributed by atoms with Gasteiger partial charge < -0.3 is 29.6 Å². The SMILES string of the molecule is C#CC1(CO)CC[C@@H](Nc2c(OC)cnc3[nH]cc(C(=O)c4ccc(Oc5ccccc5F)cc4F)c23)CO1. The molecule has 2 atom stereocenters. The van der Waals surface area contributed by atoms with Gasteiger partial charge in [-0.25, -0.2) is 13.8 Å². The van der Waals surface area contributed by atoms with E-state index < -0.39 is 23.0 Å². The molecule has 1 aliphatic heterocycles. The highest BCUT2D eigenvalue weighted by atomic mass is 19.1. The molecule has 1 fully saturated rings. The number of H-pyrrole nitrogens is 1. The van der Waals surface area contributed by atoms with Gasteiger partial charge in [0.1, 0.15) is 17.2 Å². The van der Waals surface area contributed by atoms with Crippen LogP contribution in [0.15, 0.2) is 54.9 Å². The average molecular weight is 534 g/mol. The first kappa shape index (κ1) is 26.2. The van der Waals surface area contributed by atoms with Crippen LogP contribution in [0.2, 0.25) is 0 Å². The monoisotopic (exact) mass is 533 g/mol. The Morgan fingerprint density at radius 1 is 1.26 bits per heavy atom. The lowest BCUT2D eigenvalue weighted by Crippen LogP contribution is -2.45. The number of halogens is 2. The second-order valence-corrected chi connectivity index (χ2v) is 9.12. The number of aromatic nitrogens is 2. The van der Waals surface area contributed by atoms with Crippen molar-refractivity contribution in [2.45, 2.75) is 24.5 Å². The van der Waals surface area contributed by atoms with Gasteiger partial charge in [0.05, 0.1) is 48.7 Å². The Labute approximate surface area is 222 Å². The Balaban J connectivity index is 1.45. The van der Waals surface area contributed by atoms with Crippen LogP contribution in [0, 0.1) is 24.0 Å². The zero-order valence-corrected chi connectivity index (χ0v) is 21.0. The van der Waals surface area contributed by atoms with Gasteiger partial charge in [-0.05, 0) is 37.1 Å². The number of ether oxygens (including phenoxy) is 3. The van der Waals surface area contributed by atoms with Gasteiger partial charge in [0.15, 0.2) is 28.7 Å². The highest BCUT2D eigenvalue weighted by Crippen LogP contribution is 2.37. The lowest BCUT2D eigenvalue weighted by atomic mass is 9.93. The van der Waals surface area contributed by atoms with Gasteiger partial charge in [0, 0.05) is 18.3 Å². The maximum atomic E-state index is 15.1. The fraction of sp³-hybridized carbons (Fsp3) is 0.241. The summed E-state index contributed by atoms with van der Waals surface area (Å²) in [6.07, 6.45) is 9.53. The predicted octanol–water partition coefficient (Wildman–Crippen LogP) is 4.83. The minimum Gasteiger partial charge on any atom is -0.493 e. The molecule has 1 saturated heterocycles. The number of aromatic amines is 1. The number of fused-ring (bicyclic) bond motifs is 1. The van der Waals surface area contributed by atoms with Crippen LogP contribution in [0.25, 0.3) is 11.0 Å². The van der Waals surface area contributed by atoms with E-state index in [9.17, 15) is 14.3 Å². The number of carbonyl (C=O) groups excluding carboxylic acids is 1. The Morgan fingerprint density at radius 2 is 2.08 bits per heavy atom. The molecular weight excluding hydrogens is 508 g/mol. The highest BCUT2D eigenvalue weighted by Gasteiger charge is 2.35. The second kappa shape index (κ2) is 10.7. The number of aliphatic hydroxyl groups is 1. The summed E-state index contributed by atoms with van der Waals surface area (Å²) in [4.78, 5) is 20.8. The number of hydrogen-bond acceptors (Lipinski definition) is 7. The van der Waals surface area contributed by atoms with Crippen molar-refractivity contribution in [3.63, 3.8) is 0 Å². The lowest BCUT2D eigenvalue weighted by molar-refractivity contribution is -0.0713. The van der Waals surface area contributed by atoms with Crippen molar-refractivity contribution in [3.8, 4) is 29.6 Å². The number of terminal acetylenes is 1. The van der Waals surface area contributed by atoms with Gasteiger partial charge in [-0.1, -0.05) is 18.1 Å². The molecule has 5 rings (SSSR count). The molecule has 2 aromatic carbocycles. The van der Waals surface area contributed by atoms with Crippen LogP contribution in [0.5, 0.6) is 17.2 Å². The number of carbonyl (C=O) groups is 1. The largest absolute Gasteiger partial charge is 0.493 e. The van der Waals surface area contributed by atoms with E-state index >= 15 is 4.39 Å². The van der Waals surface area contributed by atoms with Crippen LogP contribution in [0.4, 0.5) is 14.5 Å². The number of aliphatic hydroxyl groups excluding tert-OH is 1. The van der Waals surface area contributed by atoms with Crippen LogP contribution in [0.3, 0.4) is 0 Å². The third-order valence-electron chi connectivity index (χ3n) is 6.71. The predicted molar refractivity (Wildman–Crippen MR) is 140 cm³/mol. The number of rotatable bonds is 8.